The summed E-state index contributed by atoms with van der Waals surface area (Å²) in [4.78, 5) is 2.36. The molecular weight excluding hydrogens is 268 g/mol. The zero-order valence-corrected chi connectivity index (χ0v) is 13.3. The summed E-state index contributed by atoms with van der Waals surface area (Å²) in [5.74, 6) is 0. The molecule has 1 heterocycles. The Bertz CT molecular complexity index is 492. The minimum atomic E-state index is -3.36. The third-order valence-corrected chi connectivity index (χ3v) is 6.20. The highest BCUT2D eigenvalue weighted by Gasteiger charge is 2.26. The van der Waals surface area contributed by atoms with E-state index in [1.807, 2.05) is 27.7 Å². The largest absolute Gasteiger partial charge is 0.312 e. The van der Waals surface area contributed by atoms with Gasteiger partial charge in [0.15, 0.2) is 0 Å². The Morgan fingerprint density at radius 3 is 2.56 bits per heavy atom. The summed E-state index contributed by atoms with van der Waals surface area (Å²) < 4.78 is 26.2. The fourth-order valence-corrected chi connectivity index (χ4v) is 4.49. The Morgan fingerprint density at radius 1 is 1.44 bits per heavy atom. The van der Waals surface area contributed by atoms with Gasteiger partial charge in [-0.3, -0.25) is 0 Å². The zero-order valence-electron chi connectivity index (χ0n) is 11.6. The van der Waals surface area contributed by atoms with Crippen LogP contribution in [0.15, 0.2) is 11.0 Å². The highest BCUT2D eigenvalue weighted by atomic mass is 32.2. The molecule has 0 bridgehead atoms. The lowest BCUT2D eigenvalue weighted by Gasteiger charge is -2.20. The second-order valence-electron chi connectivity index (χ2n) is 4.53. The Balaban J connectivity index is 3.06. The van der Waals surface area contributed by atoms with Gasteiger partial charge in [0.2, 0.25) is 10.0 Å². The van der Waals surface area contributed by atoms with E-state index in [4.69, 9.17) is 0 Å². The van der Waals surface area contributed by atoms with Gasteiger partial charge in [0.25, 0.3) is 0 Å². The Kier molecular flexibility index (Phi) is 5.33. The van der Waals surface area contributed by atoms with Crippen LogP contribution in [0.2, 0.25) is 0 Å². The lowest BCUT2D eigenvalue weighted by atomic mass is 10.4. The molecule has 0 amide bonds. The molecule has 1 aromatic rings. The van der Waals surface area contributed by atoms with Crippen LogP contribution >= 0.6 is 11.3 Å². The van der Waals surface area contributed by atoms with Crippen LogP contribution in [-0.4, -0.2) is 32.4 Å². The molecule has 0 aliphatic carbocycles. The fraction of sp³-hybridized carbons (Fsp3) is 0.667. The van der Waals surface area contributed by atoms with E-state index in [1.54, 1.807) is 24.5 Å². The van der Waals surface area contributed by atoms with Gasteiger partial charge < -0.3 is 5.32 Å². The van der Waals surface area contributed by atoms with Gasteiger partial charge in [-0.2, -0.15) is 4.31 Å². The Labute approximate surface area is 114 Å². The maximum atomic E-state index is 12.4. The van der Waals surface area contributed by atoms with Crippen LogP contribution in [0, 0.1) is 6.92 Å². The van der Waals surface area contributed by atoms with Gasteiger partial charge in [0.05, 0.1) is 4.90 Å². The van der Waals surface area contributed by atoms with Gasteiger partial charge in [-0.05, 0) is 33.4 Å². The minimum absolute atomic E-state index is 0.0356. The van der Waals surface area contributed by atoms with Crippen LogP contribution in [-0.2, 0) is 16.6 Å². The predicted octanol–water partition coefficient (Wildman–Crippen LogP) is 2.19. The van der Waals surface area contributed by atoms with E-state index in [0.717, 1.165) is 22.8 Å². The predicted molar refractivity (Wildman–Crippen MR) is 76.5 cm³/mol. The average molecular weight is 290 g/mol. The van der Waals surface area contributed by atoms with Crippen LogP contribution < -0.4 is 5.32 Å². The molecule has 4 nitrogen and oxygen atoms in total. The standard InChI is InChI=1S/C12H22N2O2S2/c1-6-13-8-11-7-12(10(4)17-11)18(15,16)14(5)9(2)3/h7,9,13H,6,8H2,1-5H3. The smallest absolute Gasteiger partial charge is 0.244 e. The highest BCUT2D eigenvalue weighted by molar-refractivity contribution is 7.89. The van der Waals surface area contributed by atoms with Crippen molar-refractivity contribution in [2.75, 3.05) is 13.6 Å². The summed E-state index contributed by atoms with van der Waals surface area (Å²) in [7, 11) is -1.73. The second-order valence-corrected chi connectivity index (χ2v) is 7.84. The SMILES string of the molecule is CCNCc1cc(S(=O)(=O)N(C)C(C)C)c(C)s1. The maximum Gasteiger partial charge on any atom is 0.244 e. The number of nitrogens with one attached hydrogen (secondary N) is 1. The summed E-state index contributed by atoms with van der Waals surface area (Å²) in [5, 5.41) is 3.21. The number of rotatable bonds is 6. The topological polar surface area (TPSA) is 49.4 Å². The third kappa shape index (κ3) is 3.32. The molecule has 18 heavy (non-hydrogen) atoms. The molecule has 1 aromatic heterocycles. The molecule has 0 aliphatic rings. The van der Waals surface area contributed by atoms with Crippen molar-refractivity contribution in [3.63, 3.8) is 0 Å². The van der Waals surface area contributed by atoms with Crippen LogP contribution in [0.3, 0.4) is 0 Å². The average Bonchev–Trinajstić information content (AvgIpc) is 2.67. The normalized spacial score (nSPS) is 12.6. The van der Waals surface area contributed by atoms with Crippen LogP contribution in [0.25, 0.3) is 0 Å². The number of hydrogen-bond donors (Lipinski definition) is 1. The van der Waals surface area contributed by atoms with E-state index < -0.39 is 10.0 Å². The van der Waals surface area contributed by atoms with Crippen LogP contribution in [0.4, 0.5) is 0 Å². The molecule has 0 saturated carbocycles. The molecular formula is C12H22N2O2S2. The van der Waals surface area contributed by atoms with Crippen LogP contribution in [0.5, 0.6) is 0 Å². The molecule has 0 unspecified atom stereocenters. The van der Waals surface area contributed by atoms with Gasteiger partial charge in [0, 0.05) is 29.4 Å². The first kappa shape index (κ1) is 15.6. The molecule has 6 heteroatoms. The molecule has 0 radical (unpaired) electrons. The molecule has 1 rings (SSSR count). The molecule has 104 valence electrons. The zero-order chi connectivity index (χ0) is 13.9. The van der Waals surface area contributed by atoms with Crippen molar-refractivity contribution < 1.29 is 8.42 Å². The van der Waals surface area contributed by atoms with E-state index in [0.29, 0.717) is 4.90 Å². The van der Waals surface area contributed by atoms with Gasteiger partial charge in [-0.1, -0.05) is 6.92 Å². The first-order valence-electron chi connectivity index (χ1n) is 6.08. The summed E-state index contributed by atoms with van der Waals surface area (Å²) in [6.45, 7) is 9.25. The van der Waals surface area contributed by atoms with Crippen molar-refractivity contribution in [1.29, 1.82) is 0 Å². The molecule has 0 saturated heterocycles. The van der Waals surface area contributed by atoms with Crippen molar-refractivity contribution in [2.24, 2.45) is 0 Å². The third-order valence-electron chi connectivity index (χ3n) is 2.86. The maximum absolute atomic E-state index is 12.4. The van der Waals surface area contributed by atoms with Gasteiger partial charge >= 0.3 is 0 Å². The molecule has 0 atom stereocenters. The quantitative estimate of drug-likeness (QED) is 0.874. The number of hydrogen-bond acceptors (Lipinski definition) is 4. The molecule has 0 aliphatic heterocycles. The number of thiophene rings is 1. The lowest BCUT2D eigenvalue weighted by molar-refractivity contribution is 0.410. The summed E-state index contributed by atoms with van der Waals surface area (Å²) >= 11 is 1.54. The monoisotopic (exact) mass is 290 g/mol. The van der Waals surface area contributed by atoms with E-state index in [2.05, 4.69) is 5.32 Å². The molecule has 0 spiro atoms. The number of sulfonamides is 1. The van der Waals surface area contributed by atoms with Gasteiger partial charge in [-0.15, -0.1) is 11.3 Å². The summed E-state index contributed by atoms with van der Waals surface area (Å²) in [5.41, 5.74) is 0. The van der Waals surface area contributed by atoms with Crippen molar-refractivity contribution in [2.45, 2.75) is 45.2 Å². The number of nitrogens with zero attached hydrogens (tertiary/aromatic N) is 1. The van der Waals surface area contributed by atoms with Crippen molar-refractivity contribution >= 4 is 21.4 Å². The van der Waals surface area contributed by atoms with E-state index in [9.17, 15) is 8.42 Å². The molecule has 0 fully saturated rings. The fourth-order valence-electron chi connectivity index (χ4n) is 1.55. The Morgan fingerprint density at radius 2 is 2.06 bits per heavy atom. The summed E-state index contributed by atoms with van der Waals surface area (Å²) in [6, 6.07) is 1.75. The number of aryl methyl sites for hydroxylation is 1. The minimum Gasteiger partial charge on any atom is -0.312 e. The summed E-state index contributed by atoms with van der Waals surface area (Å²) in [6.07, 6.45) is 0. The van der Waals surface area contributed by atoms with E-state index in [-0.39, 0.29) is 6.04 Å². The first-order valence-corrected chi connectivity index (χ1v) is 8.34. The van der Waals surface area contributed by atoms with Crippen molar-refractivity contribution in [3.05, 3.63) is 15.8 Å². The van der Waals surface area contributed by atoms with Crippen molar-refractivity contribution in [3.8, 4) is 0 Å². The van der Waals surface area contributed by atoms with E-state index >= 15 is 0 Å². The lowest BCUT2D eigenvalue weighted by Crippen LogP contribution is -2.33. The second kappa shape index (κ2) is 6.14. The molecule has 0 aromatic carbocycles. The first-order chi connectivity index (χ1) is 8.30. The van der Waals surface area contributed by atoms with Gasteiger partial charge in [0.1, 0.15) is 0 Å². The van der Waals surface area contributed by atoms with Gasteiger partial charge in [-0.25, -0.2) is 8.42 Å². The molecule has 1 N–H and O–H groups in total. The Hall–Kier alpha value is -0.430. The van der Waals surface area contributed by atoms with E-state index in [1.165, 1.54) is 4.31 Å². The van der Waals surface area contributed by atoms with Crippen LogP contribution in [0.1, 0.15) is 30.5 Å². The van der Waals surface area contributed by atoms with Crippen molar-refractivity contribution in [1.82, 2.24) is 9.62 Å². The highest BCUT2D eigenvalue weighted by Crippen LogP contribution is 2.28.